The Bertz CT molecular complexity index is 62.0. The van der Waals surface area contributed by atoms with Crippen LogP contribution in [0.2, 0.25) is 0 Å². The third-order valence-corrected chi connectivity index (χ3v) is 1.10. The molecule has 0 amide bonds. The fourth-order valence-corrected chi connectivity index (χ4v) is 0.471. The normalized spacial score (nSPS) is 17.3. The molecule has 0 unspecified atom stereocenters. The van der Waals surface area contributed by atoms with Crippen LogP contribution in [0.1, 0.15) is 0 Å². The van der Waals surface area contributed by atoms with Gasteiger partial charge >= 0.3 is 0 Å². The largest absolute Gasteiger partial charge is 0.394 e. The molecule has 2 atom stereocenters. The summed E-state index contributed by atoms with van der Waals surface area (Å²) in [5.41, 5.74) is 0. The van der Waals surface area contributed by atoms with Gasteiger partial charge in [-0.3, -0.25) is 0 Å². The minimum Gasteiger partial charge on any atom is -0.394 e. The molecule has 9 heavy (non-hydrogen) atoms. The lowest BCUT2D eigenvalue weighted by Crippen LogP contribution is -2.33. The van der Waals surface area contributed by atoms with Crippen molar-refractivity contribution in [3.05, 3.63) is 0 Å². The van der Waals surface area contributed by atoms with E-state index in [9.17, 15) is 0 Å². The van der Waals surface area contributed by atoms with E-state index in [1.807, 2.05) is 0 Å². The van der Waals surface area contributed by atoms with Crippen molar-refractivity contribution in [2.45, 2.75) is 12.2 Å². The van der Waals surface area contributed by atoms with Gasteiger partial charge in [-0.05, 0) is 0 Å². The first kappa shape index (κ1) is 8.84. The van der Waals surface area contributed by atoms with E-state index in [0.717, 1.165) is 0 Å². The number of rotatable bonds is 4. The first-order valence-corrected chi connectivity index (χ1v) is 2.68. The third kappa shape index (κ3) is 2.76. The van der Waals surface area contributed by atoms with Gasteiger partial charge in [0.1, 0.15) is 12.2 Å². The van der Waals surface area contributed by atoms with E-state index in [2.05, 4.69) is 4.74 Å². The van der Waals surface area contributed by atoms with Crippen LogP contribution < -0.4 is 0 Å². The second-order valence-electron chi connectivity index (χ2n) is 1.71. The molecule has 4 heteroatoms. The van der Waals surface area contributed by atoms with Crippen LogP contribution in [-0.2, 0) is 4.74 Å². The number of aliphatic hydroxyl groups excluding tert-OH is 3. The van der Waals surface area contributed by atoms with Gasteiger partial charge in [-0.15, -0.1) is 0 Å². The molecule has 0 fully saturated rings. The Balaban J connectivity index is 3.50. The molecule has 0 bridgehead atoms. The van der Waals surface area contributed by atoms with Crippen molar-refractivity contribution in [1.29, 1.82) is 0 Å². The number of ether oxygens (including phenoxy) is 1. The van der Waals surface area contributed by atoms with Crippen LogP contribution in [0, 0.1) is 0 Å². The van der Waals surface area contributed by atoms with Crippen molar-refractivity contribution in [3.8, 4) is 0 Å². The first-order valence-electron chi connectivity index (χ1n) is 2.68. The van der Waals surface area contributed by atoms with Crippen LogP contribution in [-0.4, -0.2) is 47.9 Å². The molecule has 0 saturated heterocycles. The fourth-order valence-electron chi connectivity index (χ4n) is 0.471. The van der Waals surface area contributed by atoms with Crippen molar-refractivity contribution >= 4 is 0 Å². The summed E-state index contributed by atoms with van der Waals surface area (Å²) < 4.78 is 4.59. The van der Waals surface area contributed by atoms with E-state index in [0.29, 0.717) is 0 Å². The van der Waals surface area contributed by atoms with Crippen LogP contribution >= 0.6 is 0 Å². The highest BCUT2D eigenvalue weighted by Crippen LogP contribution is 1.94. The number of hydrogen-bond acceptors (Lipinski definition) is 4. The van der Waals surface area contributed by atoms with Crippen molar-refractivity contribution in [2.24, 2.45) is 0 Å². The zero-order valence-corrected chi connectivity index (χ0v) is 5.32. The predicted molar refractivity (Wildman–Crippen MR) is 31.0 cm³/mol. The summed E-state index contributed by atoms with van der Waals surface area (Å²) in [5.74, 6) is 0. The zero-order valence-electron chi connectivity index (χ0n) is 5.32. The minimum absolute atomic E-state index is 0.280. The van der Waals surface area contributed by atoms with Gasteiger partial charge in [0.2, 0.25) is 0 Å². The molecule has 56 valence electrons. The van der Waals surface area contributed by atoms with Crippen molar-refractivity contribution in [1.82, 2.24) is 0 Å². The standard InChI is InChI=1S/C5H12O4/c1-9-5(3-7)4(8)2-6/h4-8H,2-3H2,1H3/t4-,5-/m1/s1. The maximum atomic E-state index is 8.78. The lowest BCUT2D eigenvalue weighted by atomic mass is 10.2. The van der Waals surface area contributed by atoms with Crippen molar-refractivity contribution in [2.75, 3.05) is 20.3 Å². The Kier molecular flexibility index (Phi) is 4.61. The molecule has 4 nitrogen and oxygen atoms in total. The molecule has 0 aliphatic heterocycles. The number of methoxy groups -OCH3 is 1. The molecule has 0 saturated carbocycles. The van der Waals surface area contributed by atoms with Crippen LogP contribution in [0.4, 0.5) is 0 Å². The van der Waals surface area contributed by atoms with Gasteiger partial charge < -0.3 is 20.1 Å². The molecule has 0 heterocycles. The van der Waals surface area contributed by atoms with Crippen molar-refractivity contribution < 1.29 is 20.1 Å². The summed E-state index contributed by atoms with van der Waals surface area (Å²) in [6, 6.07) is 0. The highest BCUT2D eigenvalue weighted by molar-refractivity contribution is 4.65. The van der Waals surface area contributed by atoms with E-state index in [1.165, 1.54) is 7.11 Å². The molecular weight excluding hydrogens is 124 g/mol. The zero-order chi connectivity index (χ0) is 7.28. The lowest BCUT2D eigenvalue weighted by Gasteiger charge is -2.16. The Morgan fingerprint density at radius 1 is 1.33 bits per heavy atom. The minimum atomic E-state index is -0.986. The van der Waals surface area contributed by atoms with Gasteiger partial charge in [0.25, 0.3) is 0 Å². The summed E-state index contributed by atoms with van der Waals surface area (Å²) in [5, 5.41) is 25.5. The van der Waals surface area contributed by atoms with Gasteiger partial charge in [0, 0.05) is 7.11 Å². The van der Waals surface area contributed by atoms with E-state index < -0.39 is 12.2 Å². The maximum Gasteiger partial charge on any atom is 0.108 e. The van der Waals surface area contributed by atoms with Gasteiger partial charge in [-0.2, -0.15) is 0 Å². The van der Waals surface area contributed by atoms with Crippen LogP contribution in [0.15, 0.2) is 0 Å². The molecule has 0 aliphatic rings. The molecule has 0 aliphatic carbocycles. The average Bonchev–Trinajstić information content (AvgIpc) is 1.90. The SMILES string of the molecule is CO[C@H](CO)[C@H](O)CO. The van der Waals surface area contributed by atoms with Crippen LogP contribution in [0.3, 0.4) is 0 Å². The topological polar surface area (TPSA) is 69.9 Å². The Morgan fingerprint density at radius 2 is 1.89 bits per heavy atom. The Hall–Kier alpha value is -0.160. The highest BCUT2D eigenvalue weighted by Gasteiger charge is 2.15. The Morgan fingerprint density at radius 3 is 2.00 bits per heavy atom. The molecule has 0 aromatic heterocycles. The molecule has 0 aromatic rings. The summed E-state index contributed by atoms with van der Waals surface area (Å²) in [7, 11) is 1.36. The number of aliphatic hydroxyl groups is 3. The van der Waals surface area contributed by atoms with E-state index >= 15 is 0 Å². The van der Waals surface area contributed by atoms with Crippen LogP contribution in [0.5, 0.6) is 0 Å². The second-order valence-corrected chi connectivity index (χ2v) is 1.71. The quantitative estimate of drug-likeness (QED) is 0.433. The molecule has 0 aromatic carbocycles. The number of hydrogen-bond donors (Lipinski definition) is 3. The monoisotopic (exact) mass is 136 g/mol. The molecular formula is C5H12O4. The van der Waals surface area contributed by atoms with Crippen LogP contribution in [0.25, 0.3) is 0 Å². The van der Waals surface area contributed by atoms with Gasteiger partial charge in [-0.25, -0.2) is 0 Å². The van der Waals surface area contributed by atoms with E-state index in [-0.39, 0.29) is 13.2 Å². The summed E-state index contributed by atoms with van der Waals surface area (Å²) in [4.78, 5) is 0. The predicted octanol–water partition coefficient (Wildman–Crippen LogP) is -1.65. The van der Waals surface area contributed by atoms with Gasteiger partial charge in [0.05, 0.1) is 13.2 Å². The fraction of sp³-hybridized carbons (Fsp3) is 1.00. The molecule has 0 radical (unpaired) electrons. The molecule has 0 spiro atoms. The smallest absolute Gasteiger partial charge is 0.108 e. The molecule has 0 rings (SSSR count). The summed E-state index contributed by atoms with van der Waals surface area (Å²) in [6.07, 6.45) is -1.66. The highest BCUT2D eigenvalue weighted by atomic mass is 16.5. The Labute approximate surface area is 53.7 Å². The lowest BCUT2D eigenvalue weighted by molar-refractivity contribution is -0.0607. The second kappa shape index (κ2) is 4.69. The average molecular weight is 136 g/mol. The van der Waals surface area contributed by atoms with E-state index in [4.69, 9.17) is 15.3 Å². The van der Waals surface area contributed by atoms with Crippen molar-refractivity contribution in [3.63, 3.8) is 0 Å². The third-order valence-electron chi connectivity index (χ3n) is 1.10. The summed E-state index contributed by atoms with van der Waals surface area (Å²) in [6.45, 7) is -0.669. The first-order chi connectivity index (χ1) is 4.26. The van der Waals surface area contributed by atoms with E-state index in [1.54, 1.807) is 0 Å². The molecule has 3 N–H and O–H groups in total. The van der Waals surface area contributed by atoms with Gasteiger partial charge in [0.15, 0.2) is 0 Å². The van der Waals surface area contributed by atoms with Gasteiger partial charge in [-0.1, -0.05) is 0 Å². The maximum absolute atomic E-state index is 8.78. The summed E-state index contributed by atoms with van der Waals surface area (Å²) >= 11 is 0.